The molecule has 2 heterocycles. The Morgan fingerprint density at radius 1 is 1.62 bits per heavy atom. The van der Waals surface area contributed by atoms with Crippen molar-refractivity contribution in [3.05, 3.63) is 35.2 Å². The molecule has 84 valence electrons. The molecule has 0 aromatic carbocycles. The SMILES string of the molecule is O=C(O)Cc1csc(SCc2ccoc2)n1. The number of hydrogen-bond acceptors (Lipinski definition) is 5. The summed E-state index contributed by atoms with van der Waals surface area (Å²) in [7, 11) is 0. The average Bonchev–Trinajstić information content (AvgIpc) is 2.84. The molecule has 6 heteroatoms. The smallest absolute Gasteiger partial charge is 0.309 e. The van der Waals surface area contributed by atoms with Gasteiger partial charge >= 0.3 is 5.97 Å². The van der Waals surface area contributed by atoms with Gasteiger partial charge in [0.1, 0.15) is 4.34 Å². The molecule has 2 aromatic heterocycles. The number of thiazole rings is 1. The van der Waals surface area contributed by atoms with Crippen molar-refractivity contribution in [2.45, 2.75) is 16.5 Å². The number of carboxylic acids is 1. The van der Waals surface area contributed by atoms with E-state index >= 15 is 0 Å². The lowest BCUT2D eigenvalue weighted by Crippen LogP contribution is -1.99. The van der Waals surface area contributed by atoms with Crippen LogP contribution in [0.4, 0.5) is 0 Å². The van der Waals surface area contributed by atoms with Crippen LogP contribution in [0.5, 0.6) is 0 Å². The van der Waals surface area contributed by atoms with Crippen LogP contribution in [0.2, 0.25) is 0 Å². The van der Waals surface area contributed by atoms with Gasteiger partial charge in [0.25, 0.3) is 0 Å². The summed E-state index contributed by atoms with van der Waals surface area (Å²) in [5.41, 5.74) is 1.71. The zero-order valence-electron chi connectivity index (χ0n) is 8.25. The van der Waals surface area contributed by atoms with Crippen molar-refractivity contribution >= 4 is 29.1 Å². The van der Waals surface area contributed by atoms with E-state index in [1.165, 1.54) is 11.3 Å². The lowest BCUT2D eigenvalue weighted by molar-refractivity contribution is -0.136. The third-order valence-electron chi connectivity index (χ3n) is 1.81. The zero-order valence-corrected chi connectivity index (χ0v) is 9.88. The van der Waals surface area contributed by atoms with Crippen molar-refractivity contribution in [2.24, 2.45) is 0 Å². The van der Waals surface area contributed by atoms with Crippen molar-refractivity contribution in [3.63, 3.8) is 0 Å². The normalized spacial score (nSPS) is 10.5. The number of aromatic nitrogens is 1. The molecule has 0 amide bonds. The molecule has 16 heavy (non-hydrogen) atoms. The number of nitrogens with zero attached hydrogens (tertiary/aromatic N) is 1. The summed E-state index contributed by atoms with van der Waals surface area (Å²) >= 11 is 3.05. The second-order valence-electron chi connectivity index (χ2n) is 3.10. The summed E-state index contributed by atoms with van der Waals surface area (Å²) in [6.45, 7) is 0. The van der Waals surface area contributed by atoms with E-state index in [-0.39, 0.29) is 6.42 Å². The maximum atomic E-state index is 10.5. The number of aliphatic carboxylic acids is 1. The highest BCUT2D eigenvalue weighted by molar-refractivity contribution is 8.00. The molecule has 0 aliphatic rings. The van der Waals surface area contributed by atoms with Gasteiger partial charge in [0.15, 0.2) is 0 Å². The average molecular weight is 255 g/mol. The minimum absolute atomic E-state index is 0.0111. The van der Waals surface area contributed by atoms with Gasteiger partial charge in [-0.3, -0.25) is 4.79 Å². The fourth-order valence-corrected chi connectivity index (χ4v) is 2.88. The number of rotatable bonds is 5. The minimum Gasteiger partial charge on any atom is -0.481 e. The van der Waals surface area contributed by atoms with E-state index in [4.69, 9.17) is 9.52 Å². The first-order valence-electron chi connectivity index (χ1n) is 4.54. The number of carbonyl (C=O) groups is 1. The van der Waals surface area contributed by atoms with Gasteiger partial charge in [-0.25, -0.2) is 4.98 Å². The maximum absolute atomic E-state index is 10.5. The molecule has 0 aliphatic carbocycles. The molecule has 4 nitrogen and oxygen atoms in total. The number of furan rings is 1. The lowest BCUT2D eigenvalue weighted by Gasteiger charge is -1.92. The summed E-state index contributed by atoms with van der Waals surface area (Å²) in [5, 5.41) is 10.4. The van der Waals surface area contributed by atoms with Gasteiger partial charge in [0.05, 0.1) is 24.6 Å². The second kappa shape index (κ2) is 5.18. The highest BCUT2D eigenvalue weighted by Gasteiger charge is 2.06. The lowest BCUT2D eigenvalue weighted by atomic mass is 10.3. The molecular formula is C10H9NO3S2. The molecule has 0 aliphatic heterocycles. The molecule has 0 spiro atoms. The van der Waals surface area contributed by atoms with E-state index in [1.807, 2.05) is 6.07 Å². The van der Waals surface area contributed by atoms with Crippen molar-refractivity contribution in [1.82, 2.24) is 4.98 Å². The molecule has 2 aromatic rings. The Hall–Kier alpha value is -1.27. The Bertz CT molecular complexity index is 464. The first kappa shape index (κ1) is 11.2. The van der Waals surface area contributed by atoms with Crippen LogP contribution in [0.15, 0.2) is 32.7 Å². The van der Waals surface area contributed by atoms with Crippen LogP contribution in [-0.2, 0) is 17.0 Å². The maximum Gasteiger partial charge on any atom is 0.309 e. The Balaban J connectivity index is 1.90. The van der Waals surface area contributed by atoms with E-state index in [9.17, 15) is 4.79 Å². The van der Waals surface area contributed by atoms with E-state index in [2.05, 4.69) is 4.98 Å². The van der Waals surface area contributed by atoms with Crippen LogP contribution < -0.4 is 0 Å². The fourth-order valence-electron chi connectivity index (χ4n) is 1.11. The van der Waals surface area contributed by atoms with Gasteiger partial charge in [0.2, 0.25) is 0 Å². The molecule has 2 rings (SSSR count). The molecule has 1 N–H and O–H groups in total. The molecular weight excluding hydrogens is 246 g/mol. The molecule has 0 fully saturated rings. The summed E-state index contributed by atoms with van der Waals surface area (Å²) in [4.78, 5) is 14.7. The van der Waals surface area contributed by atoms with Gasteiger partial charge in [-0.15, -0.1) is 11.3 Å². The standard InChI is InChI=1S/C10H9NO3S2/c12-9(13)3-8-6-16-10(11-8)15-5-7-1-2-14-4-7/h1-2,4,6H,3,5H2,(H,12,13). The highest BCUT2D eigenvalue weighted by atomic mass is 32.2. The predicted octanol–water partition coefficient (Wildman–Crippen LogP) is 2.66. The van der Waals surface area contributed by atoms with Gasteiger partial charge < -0.3 is 9.52 Å². The Morgan fingerprint density at radius 2 is 2.50 bits per heavy atom. The van der Waals surface area contributed by atoms with Crippen LogP contribution in [0, 0.1) is 0 Å². The molecule has 0 saturated carbocycles. The second-order valence-corrected chi connectivity index (χ2v) is 5.18. The van der Waals surface area contributed by atoms with Gasteiger partial charge in [-0.05, 0) is 6.07 Å². The number of carboxylic acid groups (broad SMARTS) is 1. The summed E-state index contributed by atoms with van der Waals surface area (Å²) < 4.78 is 5.84. The Labute approximate surface area is 100 Å². The number of hydrogen-bond donors (Lipinski definition) is 1. The quantitative estimate of drug-likeness (QED) is 0.832. The van der Waals surface area contributed by atoms with Gasteiger partial charge in [0, 0.05) is 16.7 Å². The van der Waals surface area contributed by atoms with Gasteiger partial charge in [-0.1, -0.05) is 11.8 Å². The van der Waals surface area contributed by atoms with Crippen molar-refractivity contribution in [2.75, 3.05) is 0 Å². The van der Waals surface area contributed by atoms with Gasteiger partial charge in [-0.2, -0.15) is 0 Å². The Morgan fingerprint density at radius 3 is 3.19 bits per heavy atom. The predicted molar refractivity (Wildman–Crippen MR) is 61.7 cm³/mol. The van der Waals surface area contributed by atoms with E-state index < -0.39 is 5.97 Å². The van der Waals surface area contributed by atoms with Crippen LogP contribution in [0.3, 0.4) is 0 Å². The van der Waals surface area contributed by atoms with Crippen LogP contribution >= 0.6 is 23.1 Å². The first-order valence-corrected chi connectivity index (χ1v) is 6.40. The molecule has 0 bridgehead atoms. The summed E-state index contributed by atoms with van der Waals surface area (Å²) in [5.74, 6) is -0.0621. The molecule has 0 atom stereocenters. The monoisotopic (exact) mass is 255 g/mol. The minimum atomic E-state index is -0.850. The highest BCUT2D eigenvalue weighted by Crippen LogP contribution is 2.26. The fraction of sp³-hybridized carbons (Fsp3) is 0.200. The van der Waals surface area contributed by atoms with Crippen LogP contribution in [0.1, 0.15) is 11.3 Å². The van der Waals surface area contributed by atoms with Crippen LogP contribution in [-0.4, -0.2) is 16.1 Å². The number of thioether (sulfide) groups is 1. The zero-order chi connectivity index (χ0) is 11.4. The summed E-state index contributed by atoms with van der Waals surface area (Å²) in [6, 6.07) is 1.90. The van der Waals surface area contributed by atoms with Crippen LogP contribution in [0.25, 0.3) is 0 Å². The molecule has 0 unspecified atom stereocenters. The topological polar surface area (TPSA) is 63.3 Å². The third kappa shape index (κ3) is 3.11. The largest absolute Gasteiger partial charge is 0.481 e. The summed E-state index contributed by atoms with van der Waals surface area (Å²) in [6.07, 6.45) is 3.31. The Kier molecular flexibility index (Phi) is 3.63. The van der Waals surface area contributed by atoms with E-state index in [0.29, 0.717) is 5.69 Å². The van der Waals surface area contributed by atoms with Crippen molar-refractivity contribution in [3.8, 4) is 0 Å². The third-order valence-corrected chi connectivity index (χ3v) is 3.95. The molecule has 0 saturated heterocycles. The first-order chi connectivity index (χ1) is 7.74. The van der Waals surface area contributed by atoms with Crippen molar-refractivity contribution in [1.29, 1.82) is 0 Å². The van der Waals surface area contributed by atoms with Crippen molar-refractivity contribution < 1.29 is 14.3 Å². The molecule has 0 radical (unpaired) electrons. The van der Waals surface area contributed by atoms with E-state index in [1.54, 1.807) is 29.7 Å². The van der Waals surface area contributed by atoms with E-state index in [0.717, 1.165) is 15.7 Å².